The fraction of sp³-hybridized carbons (Fsp3) is 0.300. The van der Waals surface area contributed by atoms with Gasteiger partial charge in [0.2, 0.25) is 10.0 Å². The van der Waals surface area contributed by atoms with Crippen LogP contribution in [-0.2, 0) is 19.6 Å². The van der Waals surface area contributed by atoms with Crippen LogP contribution in [0.4, 0.5) is 13.2 Å². The third-order valence-electron chi connectivity index (χ3n) is 4.51. The van der Waals surface area contributed by atoms with Gasteiger partial charge in [0, 0.05) is 23.8 Å². The van der Waals surface area contributed by atoms with E-state index in [1.54, 1.807) is 18.3 Å². The number of rotatable bonds is 7. The van der Waals surface area contributed by atoms with Gasteiger partial charge in [0.05, 0.1) is 4.90 Å². The molecule has 0 saturated heterocycles. The number of hydrogen-bond donors (Lipinski definition) is 2. The highest BCUT2D eigenvalue weighted by molar-refractivity contribution is 7.89. The monoisotopic (exact) mass is 455 g/mol. The van der Waals surface area contributed by atoms with Gasteiger partial charge in [-0.25, -0.2) is 22.9 Å². The summed E-state index contributed by atoms with van der Waals surface area (Å²) in [6, 6.07) is 9.89. The number of fused-ring (bicyclic) bond motifs is 1. The van der Waals surface area contributed by atoms with Crippen molar-refractivity contribution in [1.82, 2.24) is 14.7 Å². The summed E-state index contributed by atoms with van der Waals surface area (Å²) in [6.07, 6.45) is -3.46. The summed E-state index contributed by atoms with van der Waals surface area (Å²) in [7, 11) is -3.98. The summed E-state index contributed by atoms with van der Waals surface area (Å²) in [5, 5.41) is 0.909. The van der Waals surface area contributed by atoms with Crippen LogP contribution in [0.15, 0.2) is 47.5 Å². The van der Waals surface area contributed by atoms with Crippen LogP contribution >= 0.6 is 0 Å². The molecule has 0 amide bonds. The number of aromatic nitrogens is 2. The third kappa shape index (κ3) is 5.23. The number of nitrogens with one attached hydrogen (secondary N) is 2. The van der Waals surface area contributed by atoms with E-state index < -0.39 is 35.3 Å². The molecule has 0 unspecified atom stereocenters. The molecule has 1 aromatic carbocycles. The molecule has 0 saturated carbocycles. The predicted octanol–water partition coefficient (Wildman–Crippen LogP) is 3.74. The summed E-state index contributed by atoms with van der Waals surface area (Å²) >= 11 is 0. The Morgan fingerprint density at radius 3 is 2.48 bits per heavy atom. The number of esters is 1. The number of pyridine rings is 1. The van der Waals surface area contributed by atoms with Gasteiger partial charge in [-0.15, -0.1) is 0 Å². The molecule has 2 heterocycles. The van der Waals surface area contributed by atoms with E-state index in [9.17, 15) is 26.4 Å². The Balaban J connectivity index is 1.73. The molecule has 3 rings (SSSR count). The molecule has 7 nitrogen and oxygen atoms in total. The summed E-state index contributed by atoms with van der Waals surface area (Å²) in [6.45, 7) is 2.89. The molecular weight excluding hydrogens is 435 g/mol. The zero-order chi connectivity index (χ0) is 22.8. The average Bonchev–Trinajstić information content (AvgIpc) is 3.15. The zero-order valence-electron chi connectivity index (χ0n) is 16.7. The lowest BCUT2D eigenvalue weighted by Crippen LogP contribution is -2.31. The highest BCUT2D eigenvalue weighted by Gasteiger charge is 2.40. The fourth-order valence-corrected chi connectivity index (χ4v) is 3.92. The molecule has 2 aromatic heterocycles. The van der Waals surface area contributed by atoms with E-state index in [4.69, 9.17) is 0 Å². The summed E-state index contributed by atoms with van der Waals surface area (Å²) in [5.74, 6) is -2.08. The van der Waals surface area contributed by atoms with Gasteiger partial charge in [0.25, 0.3) is 0 Å². The number of aromatic amines is 1. The van der Waals surface area contributed by atoms with Gasteiger partial charge in [0.1, 0.15) is 12.3 Å². The normalized spacial score (nSPS) is 12.5. The molecule has 0 aliphatic heterocycles. The number of sulfonamides is 1. The molecule has 3 aromatic rings. The molecule has 0 bridgehead atoms. The van der Waals surface area contributed by atoms with Crippen molar-refractivity contribution in [2.75, 3.05) is 13.2 Å². The van der Waals surface area contributed by atoms with E-state index in [0.717, 1.165) is 27.9 Å². The lowest BCUT2D eigenvalue weighted by Gasteiger charge is -2.10. The lowest BCUT2D eigenvalue weighted by molar-refractivity contribution is -0.199. The number of benzene rings is 1. The number of H-pyrrole nitrogens is 1. The van der Waals surface area contributed by atoms with Crippen LogP contribution in [0, 0.1) is 0 Å². The summed E-state index contributed by atoms with van der Waals surface area (Å²) < 4.78 is 66.9. The van der Waals surface area contributed by atoms with Crippen LogP contribution in [0.2, 0.25) is 0 Å². The van der Waals surface area contributed by atoms with Crippen LogP contribution in [-0.4, -0.2) is 43.7 Å². The minimum atomic E-state index is -5.12. The van der Waals surface area contributed by atoms with Crippen LogP contribution in [0.1, 0.15) is 25.5 Å². The maximum atomic E-state index is 12.3. The van der Waals surface area contributed by atoms with Crippen molar-refractivity contribution in [2.45, 2.75) is 30.8 Å². The van der Waals surface area contributed by atoms with Crippen LogP contribution in [0.5, 0.6) is 0 Å². The maximum Gasteiger partial charge on any atom is 0.490 e. The Labute approximate surface area is 176 Å². The SMILES string of the molecule is CC(C)c1cc2c(-c3ccc(S(=O)(=O)NCCOC(=O)C(F)(F)F)cc3)ccnc2[nH]1. The molecule has 0 fully saturated rings. The van der Waals surface area contributed by atoms with Crippen LogP contribution in [0.3, 0.4) is 0 Å². The van der Waals surface area contributed by atoms with E-state index in [0.29, 0.717) is 0 Å². The van der Waals surface area contributed by atoms with E-state index in [1.165, 1.54) is 12.1 Å². The van der Waals surface area contributed by atoms with Crippen molar-refractivity contribution in [3.8, 4) is 11.1 Å². The first-order chi connectivity index (χ1) is 14.5. The van der Waals surface area contributed by atoms with Gasteiger partial charge in [-0.3, -0.25) is 0 Å². The second kappa shape index (κ2) is 8.67. The van der Waals surface area contributed by atoms with Crippen molar-refractivity contribution in [3.63, 3.8) is 0 Å². The lowest BCUT2D eigenvalue weighted by atomic mass is 10.0. The fourth-order valence-electron chi connectivity index (χ4n) is 2.91. The minimum absolute atomic E-state index is 0.0689. The maximum absolute atomic E-state index is 12.3. The zero-order valence-corrected chi connectivity index (χ0v) is 17.5. The van der Waals surface area contributed by atoms with Crippen molar-refractivity contribution in [3.05, 3.63) is 48.3 Å². The van der Waals surface area contributed by atoms with Crippen molar-refractivity contribution in [2.24, 2.45) is 0 Å². The number of halogens is 3. The largest absolute Gasteiger partial charge is 0.490 e. The predicted molar refractivity (Wildman–Crippen MR) is 108 cm³/mol. The second-order valence-electron chi connectivity index (χ2n) is 7.06. The Morgan fingerprint density at radius 2 is 1.87 bits per heavy atom. The number of carbonyl (C=O) groups excluding carboxylic acids is 1. The molecule has 0 atom stereocenters. The van der Waals surface area contributed by atoms with Gasteiger partial charge < -0.3 is 9.72 Å². The Morgan fingerprint density at radius 1 is 1.19 bits per heavy atom. The van der Waals surface area contributed by atoms with Gasteiger partial charge in [-0.05, 0) is 41.3 Å². The van der Waals surface area contributed by atoms with Gasteiger partial charge in [0.15, 0.2) is 0 Å². The van der Waals surface area contributed by atoms with Gasteiger partial charge >= 0.3 is 12.1 Å². The first kappa shape index (κ1) is 22.8. The Kier molecular flexibility index (Phi) is 6.37. The van der Waals surface area contributed by atoms with E-state index >= 15 is 0 Å². The smallest absolute Gasteiger partial charge is 0.458 e. The number of nitrogens with zero attached hydrogens (tertiary/aromatic N) is 1. The van der Waals surface area contributed by atoms with Crippen LogP contribution < -0.4 is 4.72 Å². The quantitative estimate of drug-likeness (QED) is 0.418. The van der Waals surface area contributed by atoms with Crippen molar-refractivity contribution >= 4 is 27.0 Å². The van der Waals surface area contributed by atoms with Crippen molar-refractivity contribution < 1.29 is 31.1 Å². The average molecular weight is 455 g/mol. The third-order valence-corrected chi connectivity index (χ3v) is 5.99. The summed E-state index contributed by atoms with van der Waals surface area (Å²) in [5.41, 5.74) is 3.42. The van der Waals surface area contributed by atoms with Gasteiger partial charge in [-0.1, -0.05) is 26.0 Å². The second-order valence-corrected chi connectivity index (χ2v) is 8.82. The molecule has 0 aliphatic carbocycles. The Bertz CT molecular complexity index is 1190. The number of alkyl halides is 3. The Hall–Kier alpha value is -2.92. The first-order valence-electron chi connectivity index (χ1n) is 9.30. The van der Waals surface area contributed by atoms with Crippen LogP contribution in [0.25, 0.3) is 22.2 Å². The summed E-state index contributed by atoms with van der Waals surface area (Å²) in [4.78, 5) is 18.2. The highest BCUT2D eigenvalue weighted by atomic mass is 32.2. The number of ether oxygens (including phenoxy) is 1. The van der Waals surface area contributed by atoms with E-state index in [2.05, 4.69) is 33.3 Å². The van der Waals surface area contributed by atoms with E-state index in [-0.39, 0.29) is 10.8 Å². The molecule has 11 heteroatoms. The topological polar surface area (TPSA) is 101 Å². The molecule has 0 spiro atoms. The molecule has 2 N–H and O–H groups in total. The van der Waals surface area contributed by atoms with E-state index in [1.807, 2.05) is 12.1 Å². The highest BCUT2D eigenvalue weighted by Crippen LogP contribution is 2.30. The molecule has 0 aliphatic rings. The number of hydrogen-bond acceptors (Lipinski definition) is 5. The van der Waals surface area contributed by atoms with Crippen molar-refractivity contribution in [1.29, 1.82) is 0 Å². The number of carbonyl (C=O) groups is 1. The first-order valence-corrected chi connectivity index (χ1v) is 10.8. The molecular formula is C20H20F3N3O4S. The standard InChI is InChI=1S/C20H20F3N3O4S/c1-12(2)17-11-16-15(7-8-24-18(16)26-17)13-3-5-14(6-4-13)31(28,29)25-9-10-30-19(27)20(21,22)23/h3-8,11-12,25H,9-10H2,1-2H3,(H,24,26). The molecule has 31 heavy (non-hydrogen) atoms. The molecule has 166 valence electrons. The van der Waals surface area contributed by atoms with Gasteiger partial charge in [-0.2, -0.15) is 13.2 Å². The minimum Gasteiger partial charge on any atom is -0.458 e. The molecule has 0 radical (unpaired) electrons.